The molecule has 0 aliphatic rings. The first-order chi connectivity index (χ1) is 15.3. The van der Waals surface area contributed by atoms with Crippen molar-refractivity contribution in [1.82, 2.24) is 5.32 Å². The second-order valence-corrected chi connectivity index (χ2v) is 8.04. The molecular weight excluding hydrogens is 404 g/mol. The molecule has 4 N–H and O–H groups in total. The average Bonchev–Trinajstić information content (AvgIpc) is 2.78. The summed E-state index contributed by atoms with van der Waals surface area (Å²) in [5, 5.41) is 29.6. The van der Waals surface area contributed by atoms with Crippen molar-refractivity contribution in [1.29, 1.82) is 0 Å². The molecule has 32 heavy (non-hydrogen) atoms. The van der Waals surface area contributed by atoms with Crippen molar-refractivity contribution in [2.45, 2.75) is 25.0 Å². The average molecular weight is 428 g/mol. The largest absolute Gasteiger partial charge is 0.480 e. The fourth-order valence-electron chi connectivity index (χ4n) is 3.86. The maximum absolute atomic E-state index is 12.2. The van der Waals surface area contributed by atoms with Gasteiger partial charge in [-0.2, -0.15) is 0 Å². The molecule has 4 aromatic rings. The molecule has 0 aliphatic carbocycles. The third-order valence-electron chi connectivity index (χ3n) is 5.59. The lowest BCUT2D eigenvalue weighted by Gasteiger charge is -2.32. The Labute approximate surface area is 185 Å². The van der Waals surface area contributed by atoms with E-state index in [1.54, 1.807) is 6.07 Å². The van der Waals surface area contributed by atoms with Gasteiger partial charge >= 0.3 is 11.9 Å². The molecule has 0 saturated heterocycles. The number of carboxylic acids is 2. The standard InChI is InChI=1S/C26H24N2O4/c1-26(25(31)32,27-22-13-12-19-7-3-5-9-21(19)16-22)28-23(24(29)30)15-17-10-11-18-6-2-4-8-20(18)14-17/h2-14,16,23,27-28H,15H2,1H3,(H,29,30)(H,31,32)/t23?,26-/m0/s1. The van der Waals surface area contributed by atoms with Crippen LogP contribution in [0.15, 0.2) is 84.9 Å². The zero-order valence-electron chi connectivity index (χ0n) is 17.6. The molecule has 0 aliphatic heterocycles. The number of carboxylic acid groups (broad SMARTS) is 2. The summed E-state index contributed by atoms with van der Waals surface area (Å²) in [6.45, 7) is 1.43. The van der Waals surface area contributed by atoms with Crippen LogP contribution in [0, 0.1) is 0 Å². The number of hydrogen-bond acceptors (Lipinski definition) is 4. The van der Waals surface area contributed by atoms with E-state index in [1.165, 1.54) is 6.92 Å². The van der Waals surface area contributed by atoms with Gasteiger partial charge in [-0.1, -0.05) is 72.8 Å². The van der Waals surface area contributed by atoms with Crippen molar-refractivity contribution in [2.75, 3.05) is 5.32 Å². The van der Waals surface area contributed by atoms with Gasteiger partial charge in [0, 0.05) is 5.69 Å². The smallest absolute Gasteiger partial charge is 0.344 e. The summed E-state index contributed by atoms with van der Waals surface area (Å²) < 4.78 is 0. The molecule has 6 nitrogen and oxygen atoms in total. The molecule has 0 bridgehead atoms. The summed E-state index contributed by atoms with van der Waals surface area (Å²) in [6, 6.07) is 25.7. The molecular formula is C26H24N2O4. The Morgan fingerprint density at radius 2 is 1.38 bits per heavy atom. The Balaban J connectivity index is 1.58. The highest BCUT2D eigenvalue weighted by Crippen LogP contribution is 2.22. The van der Waals surface area contributed by atoms with Gasteiger partial charge in [-0.15, -0.1) is 0 Å². The molecule has 0 radical (unpaired) electrons. The molecule has 0 saturated carbocycles. The fraction of sp³-hybridized carbons (Fsp3) is 0.154. The molecule has 4 aromatic carbocycles. The quantitative estimate of drug-likeness (QED) is 0.309. The topological polar surface area (TPSA) is 98.7 Å². The van der Waals surface area contributed by atoms with Gasteiger partial charge < -0.3 is 15.5 Å². The summed E-state index contributed by atoms with van der Waals surface area (Å²) in [6.07, 6.45) is 0.141. The van der Waals surface area contributed by atoms with Crippen molar-refractivity contribution >= 4 is 39.2 Å². The number of aliphatic carboxylic acids is 2. The molecule has 1 unspecified atom stereocenters. The van der Waals surface area contributed by atoms with Gasteiger partial charge in [0.2, 0.25) is 0 Å². The van der Waals surface area contributed by atoms with Crippen LogP contribution in [0.3, 0.4) is 0 Å². The number of carbonyl (C=O) groups is 2. The van der Waals surface area contributed by atoms with E-state index in [4.69, 9.17) is 0 Å². The second-order valence-electron chi connectivity index (χ2n) is 8.04. The van der Waals surface area contributed by atoms with E-state index in [0.717, 1.165) is 27.1 Å². The first-order valence-electron chi connectivity index (χ1n) is 10.3. The zero-order valence-corrected chi connectivity index (χ0v) is 17.6. The van der Waals surface area contributed by atoms with Crippen molar-refractivity contribution < 1.29 is 19.8 Å². The second kappa shape index (κ2) is 8.69. The lowest BCUT2D eigenvalue weighted by molar-refractivity contribution is -0.145. The minimum absolute atomic E-state index is 0.141. The van der Waals surface area contributed by atoms with Crippen LogP contribution in [-0.2, 0) is 16.0 Å². The third-order valence-corrected chi connectivity index (χ3v) is 5.59. The minimum Gasteiger partial charge on any atom is -0.480 e. The Kier molecular flexibility index (Phi) is 5.79. The fourth-order valence-corrected chi connectivity index (χ4v) is 3.86. The van der Waals surface area contributed by atoms with Crippen molar-refractivity contribution in [3.8, 4) is 0 Å². The van der Waals surface area contributed by atoms with Gasteiger partial charge in [0.1, 0.15) is 6.04 Å². The highest BCUT2D eigenvalue weighted by atomic mass is 16.4. The van der Waals surface area contributed by atoms with Crippen LogP contribution in [0.25, 0.3) is 21.5 Å². The summed E-state index contributed by atoms with van der Waals surface area (Å²) in [7, 11) is 0. The molecule has 162 valence electrons. The van der Waals surface area contributed by atoms with E-state index in [1.807, 2.05) is 78.9 Å². The van der Waals surface area contributed by atoms with Crippen LogP contribution in [0.4, 0.5) is 5.69 Å². The summed E-state index contributed by atoms with van der Waals surface area (Å²) in [5.41, 5.74) is -0.305. The van der Waals surface area contributed by atoms with Crippen LogP contribution < -0.4 is 10.6 Å². The molecule has 6 heteroatoms. The van der Waals surface area contributed by atoms with Crippen LogP contribution >= 0.6 is 0 Å². The van der Waals surface area contributed by atoms with Gasteiger partial charge in [-0.25, -0.2) is 4.79 Å². The highest BCUT2D eigenvalue weighted by molar-refractivity contribution is 5.88. The maximum Gasteiger partial charge on any atom is 0.344 e. The lowest BCUT2D eigenvalue weighted by atomic mass is 10.00. The molecule has 0 spiro atoms. The highest BCUT2D eigenvalue weighted by Gasteiger charge is 2.37. The SMILES string of the molecule is C[C@](Nc1ccc2ccccc2c1)(NC(Cc1ccc2ccccc2c1)C(=O)O)C(=O)O. The Morgan fingerprint density at radius 3 is 1.97 bits per heavy atom. The third kappa shape index (κ3) is 4.55. The number of hydrogen-bond donors (Lipinski definition) is 4. The number of nitrogens with one attached hydrogen (secondary N) is 2. The molecule has 0 fully saturated rings. The normalized spacial score (nSPS) is 14.0. The van der Waals surface area contributed by atoms with Gasteiger partial charge in [0.15, 0.2) is 5.66 Å². The van der Waals surface area contributed by atoms with Crippen LogP contribution in [0.5, 0.6) is 0 Å². The predicted molar refractivity (Wildman–Crippen MR) is 126 cm³/mol. The van der Waals surface area contributed by atoms with Gasteiger partial charge in [-0.05, 0) is 52.6 Å². The number of anilines is 1. The van der Waals surface area contributed by atoms with E-state index >= 15 is 0 Å². The van der Waals surface area contributed by atoms with Crippen molar-refractivity contribution in [3.05, 3.63) is 90.5 Å². The van der Waals surface area contributed by atoms with Gasteiger partial charge in [-0.3, -0.25) is 10.1 Å². The first kappa shape index (κ1) is 21.3. The maximum atomic E-state index is 12.2. The Hall–Kier alpha value is -3.90. The number of fused-ring (bicyclic) bond motifs is 2. The van der Waals surface area contributed by atoms with Crippen LogP contribution in [0.2, 0.25) is 0 Å². The lowest BCUT2D eigenvalue weighted by Crippen LogP contribution is -2.61. The van der Waals surface area contributed by atoms with E-state index in [-0.39, 0.29) is 6.42 Å². The Morgan fingerprint density at radius 1 is 0.812 bits per heavy atom. The van der Waals surface area contributed by atoms with Gasteiger partial charge in [0.25, 0.3) is 0 Å². The van der Waals surface area contributed by atoms with E-state index < -0.39 is 23.6 Å². The predicted octanol–water partition coefficient (Wildman–Crippen LogP) is 4.49. The van der Waals surface area contributed by atoms with Crippen LogP contribution in [0.1, 0.15) is 12.5 Å². The monoisotopic (exact) mass is 428 g/mol. The summed E-state index contributed by atoms with van der Waals surface area (Å²) in [5.74, 6) is -2.32. The molecule has 0 amide bonds. The molecule has 4 rings (SSSR count). The van der Waals surface area contributed by atoms with Crippen LogP contribution in [-0.4, -0.2) is 33.9 Å². The van der Waals surface area contributed by atoms with E-state index in [0.29, 0.717) is 5.69 Å². The minimum atomic E-state index is -1.69. The van der Waals surface area contributed by atoms with E-state index in [9.17, 15) is 19.8 Å². The Bertz CT molecular complexity index is 1300. The van der Waals surface area contributed by atoms with E-state index in [2.05, 4.69) is 10.6 Å². The van der Waals surface area contributed by atoms with Gasteiger partial charge in [0.05, 0.1) is 0 Å². The molecule has 0 heterocycles. The van der Waals surface area contributed by atoms with Crippen molar-refractivity contribution in [2.24, 2.45) is 0 Å². The zero-order chi connectivity index (χ0) is 22.7. The summed E-state index contributed by atoms with van der Waals surface area (Å²) in [4.78, 5) is 24.2. The molecule has 2 atom stereocenters. The first-order valence-corrected chi connectivity index (χ1v) is 10.3. The number of benzene rings is 4. The van der Waals surface area contributed by atoms with Crippen molar-refractivity contribution in [3.63, 3.8) is 0 Å². The molecule has 0 aromatic heterocycles. The summed E-state index contributed by atoms with van der Waals surface area (Å²) >= 11 is 0. The number of rotatable bonds is 8.